The van der Waals surface area contributed by atoms with Gasteiger partial charge in [0.05, 0.1) is 30.1 Å². The van der Waals surface area contributed by atoms with E-state index < -0.39 is 0 Å². The number of aromatic nitrogens is 3. The van der Waals surface area contributed by atoms with E-state index in [9.17, 15) is 0 Å². The van der Waals surface area contributed by atoms with Crippen molar-refractivity contribution in [3.05, 3.63) is 70.4 Å². The molecule has 0 aliphatic rings. The number of benzene rings is 2. The van der Waals surface area contributed by atoms with Gasteiger partial charge >= 0.3 is 0 Å². The summed E-state index contributed by atoms with van der Waals surface area (Å²) in [7, 11) is 0. The molecule has 0 saturated heterocycles. The van der Waals surface area contributed by atoms with E-state index in [1.165, 1.54) is 0 Å². The molecule has 5 heteroatoms. The van der Waals surface area contributed by atoms with Gasteiger partial charge in [0.15, 0.2) is 0 Å². The second-order valence-corrected chi connectivity index (χ2v) is 5.46. The maximum absolute atomic E-state index is 8.98. The predicted octanol–water partition coefficient (Wildman–Crippen LogP) is 3.83. The molecule has 22 heavy (non-hydrogen) atoms. The average Bonchev–Trinajstić information content (AvgIpc) is 2.98. The highest BCUT2D eigenvalue weighted by atomic mass is 35.5. The molecular formula is C17H13ClN4. The van der Waals surface area contributed by atoms with Crippen LogP contribution in [0.25, 0.3) is 11.3 Å². The summed E-state index contributed by atoms with van der Waals surface area (Å²) in [6.07, 6.45) is 1.73. The van der Waals surface area contributed by atoms with Gasteiger partial charge in [0, 0.05) is 10.6 Å². The van der Waals surface area contributed by atoms with E-state index in [4.69, 9.17) is 16.9 Å². The molecule has 0 bridgehead atoms. The lowest BCUT2D eigenvalue weighted by Crippen LogP contribution is -2.04. The van der Waals surface area contributed by atoms with Crippen LogP contribution in [0.3, 0.4) is 0 Å². The third-order valence-corrected chi connectivity index (χ3v) is 3.88. The Morgan fingerprint density at radius 2 is 2.09 bits per heavy atom. The standard InChI is InChI=1S/C17H13ClN4/c1-12-7-15(5-6-16(12)18)17-10-20-21-22(17)11-14-4-2-3-13(8-14)9-19/h2-8,10H,11H2,1H3. The van der Waals surface area contributed by atoms with Crippen molar-refractivity contribution in [2.45, 2.75) is 13.5 Å². The van der Waals surface area contributed by atoms with Crippen LogP contribution in [0.1, 0.15) is 16.7 Å². The molecule has 0 unspecified atom stereocenters. The molecule has 0 aliphatic carbocycles. The summed E-state index contributed by atoms with van der Waals surface area (Å²) >= 11 is 6.08. The van der Waals surface area contributed by atoms with Crippen molar-refractivity contribution >= 4 is 11.6 Å². The molecule has 0 N–H and O–H groups in total. The van der Waals surface area contributed by atoms with Gasteiger partial charge in [-0.1, -0.05) is 35.0 Å². The van der Waals surface area contributed by atoms with E-state index in [0.717, 1.165) is 27.4 Å². The molecule has 0 amide bonds. The molecule has 0 fully saturated rings. The highest BCUT2D eigenvalue weighted by Gasteiger charge is 2.09. The Bertz CT molecular complexity index is 861. The molecule has 0 spiro atoms. The first-order valence-electron chi connectivity index (χ1n) is 6.81. The van der Waals surface area contributed by atoms with Crippen molar-refractivity contribution in [1.29, 1.82) is 5.26 Å². The zero-order valence-electron chi connectivity index (χ0n) is 12.0. The van der Waals surface area contributed by atoms with Crippen molar-refractivity contribution in [2.24, 2.45) is 0 Å². The van der Waals surface area contributed by atoms with Gasteiger partial charge in [-0.3, -0.25) is 0 Å². The van der Waals surface area contributed by atoms with Crippen molar-refractivity contribution in [3.8, 4) is 17.3 Å². The molecule has 1 aromatic heterocycles. The number of aryl methyl sites for hydroxylation is 1. The minimum Gasteiger partial charge on any atom is -0.240 e. The number of hydrogen-bond donors (Lipinski definition) is 0. The SMILES string of the molecule is Cc1cc(-c2cnnn2Cc2cccc(C#N)c2)ccc1Cl. The molecule has 0 aliphatic heterocycles. The monoisotopic (exact) mass is 308 g/mol. The Hall–Kier alpha value is -2.64. The third-order valence-electron chi connectivity index (χ3n) is 3.46. The van der Waals surface area contributed by atoms with Gasteiger partial charge in [-0.2, -0.15) is 5.26 Å². The van der Waals surface area contributed by atoms with Crippen LogP contribution in [-0.2, 0) is 6.54 Å². The van der Waals surface area contributed by atoms with Crippen LogP contribution in [0.15, 0.2) is 48.7 Å². The van der Waals surface area contributed by atoms with E-state index in [-0.39, 0.29) is 0 Å². The zero-order chi connectivity index (χ0) is 15.5. The van der Waals surface area contributed by atoms with E-state index in [2.05, 4.69) is 16.4 Å². The van der Waals surface area contributed by atoms with Gasteiger partial charge in [-0.25, -0.2) is 4.68 Å². The van der Waals surface area contributed by atoms with Crippen LogP contribution < -0.4 is 0 Å². The van der Waals surface area contributed by atoms with Crippen LogP contribution in [-0.4, -0.2) is 15.0 Å². The summed E-state index contributed by atoms with van der Waals surface area (Å²) in [6, 6.07) is 15.5. The van der Waals surface area contributed by atoms with Crippen molar-refractivity contribution in [3.63, 3.8) is 0 Å². The van der Waals surface area contributed by atoms with Crippen molar-refractivity contribution < 1.29 is 0 Å². The lowest BCUT2D eigenvalue weighted by atomic mass is 10.1. The molecule has 2 aromatic carbocycles. The summed E-state index contributed by atoms with van der Waals surface area (Å²) in [6.45, 7) is 2.53. The molecule has 3 rings (SSSR count). The number of rotatable bonds is 3. The largest absolute Gasteiger partial charge is 0.240 e. The Kier molecular flexibility index (Phi) is 3.90. The van der Waals surface area contributed by atoms with Gasteiger partial charge in [0.1, 0.15) is 0 Å². The maximum Gasteiger partial charge on any atom is 0.0991 e. The second-order valence-electron chi connectivity index (χ2n) is 5.05. The van der Waals surface area contributed by atoms with Gasteiger partial charge in [0.2, 0.25) is 0 Å². The Labute approximate surface area is 133 Å². The molecule has 0 atom stereocenters. The first-order valence-corrected chi connectivity index (χ1v) is 7.19. The fourth-order valence-electron chi connectivity index (χ4n) is 2.31. The first kappa shape index (κ1) is 14.3. The fourth-order valence-corrected chi connectivity index (χ4v) is 2.43. The molecule has 108 valence electrons. The fraction of sp³-hybridized carbons (Fsp3) is 0.118. The van der Waals surface area contributed by atoms with Gasteiger partial charge in [0.25, 0.3) is 0 Å². The van der Waals surface area contributed by atoms with E-state index in [1.54, 1.807) is 12.3 Å². The number of nitrogens with zero attached hydrogens (tertiary/aromatic N) is 4. The summed E-state index contributed by atoms with van der Waals surface area (Å²) < 4.78 is 1.82. The summed E-state index contributed by atoms with van der Waals surface area (Å²) in [5, 5.41) is 17.9. The predicted molar refractivity (Wildman–Crippen MR) is 85.5 cm³/mol. The average molecular weight is 309 g/mol. The van der Waals surface area contributed by atoms with Crippen LogP contribution in [0.4, 0.5) is 0 Å². The normalized spacial score (nSPS) is 10.4. The Morgan fingerprint density at radius 3 is 2.86 bits per heavy atom. The Morgan fingerprint density at radius 1 is 1.23 bits per heavy atom. The van der Waals surface area contributed by atoms with Crippen molar-refractivity contribution in [1.82, 2.24) is 15.0 Å². The first-order chi connectivity index (χ1) is 10.7. The molecule has 1 heterocycles. The quantitative estimate of drug-likeness (QED) is 0.739. The lowest BCUT2D eigenvalue weighted by molar-refractivity contribution is 0.655. The number of nitriles is 1. The zero-order valence-corrected chi connectivity index (χ0v) is 12.7. The highest BCUT2D eigenvalue weighted by Crippen LogP contribution is 2.24. The smallest absolute Gasteiger partial charge is 0.0991 e. The van der Waals surface area contributed by atoms with Crippen LogP contribution in [0.2, 0.25) is 5.02 Å². The van der Waals surface area contributed by atoms with E-state index in [1.807, 2.05) is 48.0 Å². The third kappa shape index (κ3) is 2.85. The van der Waals surface area contributed by atoms with Gasteiger partial charge in [-0.05, 0) is 42.3 Å². The lowest BCUT2D eigenvalue weighted by Gasteiger charge is -2.08. The molecular weight excluding hydrogens is 296 g/mol. The molecule has 4 nitrogen and oxygen atoms in total. The summed E-state index contributed by atoms with van der Waals surface area (Å²) in [4.78, 5) is 0. The maximum atomic E-state index is 8.98. The molecule has 0 radical (unpaired) electrons. The highest BCUT2D eigenvalue weighted by molar-refractivity contribution is 6.31. The number of halogens is 1. The second kappa shape index (κ2) is 6.00. The van der Waals surface area contributed by atoms with E-state index >= 15 is 0 Å². The van der Waals surface area contributed by atoms with Crippen LogP contribution in [0, 0.1) is 18.3 Å². The van der Waals surface area contributed by atoms with Gasteiger partial charge in [-0.15, -0.1) is 5.10 Å². The molecule has 3 aromatic rings. The topological polar surface area (TPSA) is 54.5 Å². The Balaban J connectivity index is 1.95. The minimum atomic E-state index is 0.562. The van der Waals surface area contributed by atoms with Crippen molar-refractivity contribution in [2.75, 3.05) is 0 Å². The van der Waals surface area contributed by atoms with Crippen LogP contribution >= 0.6 is 11.6 Å². The summed E-state index contributed by atoms with van der Waals surface area (Å²) in [5.74, 6) is 0. The van der Waals surface area contributed by atoms with Gasteiger partial charge < -0.3 is 0 Å². The minimum absolute atomic E-state index is 0.562. The number of hydrogen-bond acceptors (Lipinski definition) is 3. The molecule has 0 saturated carbocycles. The summed E-state index contributed by atoms with van der Waals surface area (Å²) in [5.41, 5.74) is 4.60. The van der Waals surface area contributed by atoms with E-state index in [0.29, 0.717) is 12.1 Å². The van der Waals surface area contributed by atoms with Crippen LogP contribution in [0.5, 0.6) is 0 Å².